The zero-order chi connectivity index (χ0) is 17.1. The van der Waals surface area contributed by atoms with E-state index < -0.39 is 11.5 Å². The summed E-state index contributed by atoms with van der Waals surface area (Å²) in [4.78, 5) is 23.0. The Labute approximate surface area is 131 Å². The third-order valence-corrected chi connectivity index (χ3v) is 4.04. The summed E-state index contributed by atoms with van der Waals surface area (Å²) in [6, 6.07) is 0. The van der Waals surface area contributed by atoms with Crippen LogP contribution in [0.2, 0.25) is 0 Å². The molecule has 0 aliphatic heterocycles. The van der Waals surface area contributed by atoms with Gasteiger partial charge in [0.2, 0.25) is 5.91 Å². The Morgan fingerprint density at radius 2 is 1.95 bits per heavy atom. The number of carboxylic acid groups (broad SMARTS) is 1. The van der Waals surface area contributed by atoms with Crippen molar-refractivity contribution in [2.45, 2.75) is 59.4 Å². The average molecular weight is 309 g/mol. The van der Waals surface area contributed by atoms with Crippen LogP contribution in [-0.2, 0) is 23.1 Å². The normalized spacial score (nSPS) is 13.0. The van der Waals surface area contributed by atoms with Crippen LogP contribution in [-0.4, -0.2) is 32.3 Å². The molecule has 0 saturated carbocycles. The van der Waals surface area contributed by atoms with Gasteiger partial charge in [-0.05, 0) is 46.1 Å². The van der Waals surface area contributed by atoms with E-state index in [1.165, 1.54) is 0 Å². The molecule has 2 N–H and O–H groups in total. The lowest BCUT2D eigenvalue weighted by Gasteiger charge is -2.27. The first kappa shape index (κ1) is 18.2. The van der Waals surface area contributed by atoms with Gasteiger partial charge >= 0.3 is 5.97 Å². The Bertz CT molecular complexity index is 561. The van der Waals surface area contributed by atoms with Crippen LogP contribution in [0.1, 0.15) is 50.6 Å². The summed E-state index contributed by atoms with van der Waals surface area (Å²) in [5, 5.41) is 16.1. The minimum Gasteiger partial charge on any atom is -0.481 e. The minimum absolute atomic E-state index is 0.0441. The molecule has 1 unspecified atom stereocenters. The van der Waals surface area contributed by atoms with E-state index in [9.17, 15) is 9.59 Å². The predicted octanol–water partition coefficient (Wildman–Crippen LogP) is 1.98. The van der Waals surface area contributed by atoms with Crippen molar-refractivity contribution < 1.29 is 14.7 Å². The van der Waals surface area contributed by atoms with E-state index in [1.54, 1.807) is 0 Å². The van der Waals surface area contributed by atoms with Crippen molar-refractivity contribution in [2.75, 3.05) is 0 Å². The van der Waals surface area contributed by atoms with Gasteiger partial charge in [0.05, 0.1) is 5.69 Å². The van der Waals surface area contributed by atoms with Crippen LogP contribution in [0.4, 0.5) is 0 Å². The molecular weight excluding hydrogens is 282 g/mol. The van der Waals surface area contributed by atoms with Crippen molar-refractivity contribution in [3.8, 4) is 0 Å². The van der Waals surface area contributed by atoms with Gasteiger partial charge in [-0.3, -0.25) is 14.3 Å². The zero-order valence-electron chi connectivity index (χ0n) is 14.4. The van der Waals surface area contributed by atoms with Crippen LogP contribution >= 0.6 is 0 Å². The number of aryl methyl sites for hydroxylation is 2. The van der Waals surface area contributed by atoms with Gasteiger partial charge in [0, 0.05) is 30.6 Å². The third-order valence-electron chi connectivity index (χ3n) is 4.04. The van der Waals surface area contributed by atoms with E-state index >= 15 is 0 Å². The van der Waals surface area contributed by atoms with Crippen molar-refractivity contribution in [1.82, 2.24) is 15.1 Å². The smallest absolute Gasteiger partial charge is 0.303 e. The van der Waals surface area contributed by atoms with Crippen LogP contribution in [0.5, 0.6) is 0 Å². The number of hydrogen-bond donors (Lipinski definition) is 2. The highest BCUT2D eigenvalue weighted by molar-refractivity contribution is 5.79. The summed E-state index contributed by atoms with van der Waals surface area (Å²) in [6.45, 7) is 9.53. The third kappa shape index (κ3) is 4.86. The van der Waals surface area contributed by atoms with E-state index in [1.807, 2.05) is 46.3 Å². The molecule has 1 atom stereocenters. The standard InChI is InChI=1S/C16H27N3O3/c1-10(9-13-11(2)18-19(6)12(13)3)15(22)17-16(4,5)8-7-14(20)21/h10H,7-9H2,1-6H3,(H,17,22)(H,20,21). The highest BCUT2D eigenvalue weighted by Gasteiger charge is 2.25. The number of rotatable bonds is 7. The number of nitrogens with one attached hydrogen (secondary N) is 1. The number of amides is 1. The molecule has 124 valence electrons. The Kier molecular flexibility index (Phi) is 5.74. The molecule has 1 rings (SSSR count). The molecule has 0 saturated heterocycles. The Hall–Kier alpha value is -1.85. The fourth-order valence-electron chi connectivity index (χ4n) is 2.45. The summed E-state index contributed by atoms with van der Waals surface area (Å²) >= 11 is 0. The molecule has 1 heterocycles. The lowest BCUT2D eigenvalue weighted by Crippen LogP contribution is -2.46. The van der Waals surface area contributed by atoms with E-state index in [0.717, 1.165) is 17.0 Å². The minimum atomic E-state index is -0.850. The van der Waals surface area contributed by atoms with Gasteiger partial charge in [-0.25, -0.2) is 0 Å². The molecule has 0 aromatic carbocycles. The summed E-state index contributed by atoms with van der Waals surface area (Å²) in [7, 11) is 1.89. The zero-order valence-corrected chi connectivity index (χ0v) is 14.4. The molecule has 1 amide bonds. The number of carboxylic acids is 1. The van der Waals surface area contributed by atoms with Crippen molar-refractivity contribution in [1.29, 1.82) is 0 Å². The second-order valence-electron chi connectivity index (χ2n) is 6.65. The van der Waals surface area contributed by atoms with Crippen LogP contribution < -0.4 is 5.32 Å². The first-order chi connectivity index (χ1) is 10.0. The van der Waals surface area contributed by atoms with Gasteiger partial charge in [-0.2, -0.15) is 5.10 Å². The summed E-state index contributed by atoms with van der Waals surface area (Å²) in [5.74, 6) is -1.10. The lowest BCUT2D eigenvalue weighted by molar-refractivity contribution is -0.138. The van der Waals surface area contributed by atoms with E-state index in [-0.39, 0.29) is 18.2 Å². The monoisotopic (exact) mass is 309 g/mol. The Morgan fingerprint density at radius 3 is 2.41 bits per heavy atom. The average Bonchev–Trinajstić information content (AvgIpc) is 2.62. The predicted molar refractivity (Wildman–Crippen MR) is 84.6 cm³/mol. The van der Waals surface area contributed by atoms with Gasteiger partial charge < -0.3 is 10.4 Å². The van der Waals surface area contributed by atoms with E-state index in [0.29, 0.717) is 12.8 Å². The first-order valence-electron chi connectivity index (χ1n) is 7.56. The van der Waals surface area contributed by atoms with Crippen molar-refractivity contribution in [3.63, 3.8) is 0 Å². The number of hydrogen-bond acceptors (Lipinski definition) is 3. The van der Waals surface area contributed by atoms with E-state index in [4.69, 9.17) is 5.11 Å². The molecule has 22 heavy (non-hydrogen) atoms. The molecule has 0 aliphatic rings. The molecule has 0 aliphatic carbocycles. The summed E-state index contributed by atoms with van der Waals surface area (Å²) in [6.07, 6.45) is 1.08. The van der Waals surface area contributed by atoms with Crippen molar-refractivity contribution in [3.05, 3.63) is 17.0 Å². The first-order valence-corrected chi connectivity index (χ1v) is 7.56. The number of aromatic nitrogens is 2. The van der Waals surface area contributed by atoms with Crippen molar-refractivity contribution >= 4 is 11.9 Å². The topological polar surface area (TPSA) is 84.2 Å². The Morgan fingerprint density at radius 1 is 1.36 bits per heavy atom. The SMILES string of the molecule is Cc1nn(C)c(C)c1CC(C)C(=O)NC(C)(C)CCC(=O)O. The maximum Gasteiger partial charge on any atom is 0.303 e. The van der Waals surface area contributed by atoms with Crippen LogP contribution in [0.25, 0.3) is 0 Å². The largest absolute Gasteiger partial charge is 0.481 e. The fraction of sp³-hybridized carbons (Fsp3) is 0.688. The fourth-order valence-corrected chi connectivity index (χ4v) is 2.45. The molecule has 1 aromatic heterocycles. The van der Waals surface area contributed by atoms with Gasteiger partial charge in [0.1, 0.15) is 0 Å². The second kappa shape index (κ2) is 6.94. The maximum atomic E-state index is 12.4. The molecule has 0 bridgehead atoms. The Balaban J connectivity index is 2.67. The molecular formula is C16H27N3O3. The molecule has 6 nitrogen and oxygen atoms in total. The summed E-state index contributed by atoms with van der Waals surface area (Å²) in [5.41, 5.74) is 2.60. The van der Waals surface area contributed by atoms with Crippen LogP contribution in [0.3, 0.4) is 0 Å². The van der Waals surface area contributed by atoms with E-state index in [2.05, 4.69) is 10.4 Å². The van der Waals surface area contributed by atoms with Crippen LogP contribution in [0, 0.1) is 19.8 Å². The molecule has 1 aromatic rings. The van der Waals surface area contributed by atoms with Gasteiger partial charge in [0.25, 0.3) is 0 Å². The highest BCUT2D eigenvalue weighted by Crippen LogP contribution is 2.18. The number of aliphatic carboxylic acids is 1. The van der Waals surface area contributed by atoms with Gasteiger partial charge in [-0.15, -0.1) is 0 Å². The molecule has 0 radical (unpaired) electrons. The molecule has 0 fully saturated rings. The number of carbonyl (C=O) groups is 2. The number of carbonyl (C=O) groups excluding carboxylic acids is 1. The second-order valence-corrected chi connectivity index (χ2v) is 6.65. The van der Waals surface area contributed by atoms with Gasteiger partial charge in [0.15, 0.2) is 0 Å². The number of nitrogens with zero attached hydrogens (tertiary/aromatic N) is 2. The molecule has 0 spiro atoms. The highest BCUT2D eigenvalue weighted by atomic mass is 16.4. The molecule has 6 heteroatoms. The quantitative estimate of drug-likeness (QED) is 0.806. The lowest BCUT2D eigenvalue weighted by atomic mass is 9.94. The van der Waals surface area contributed by atoms with Crippen LogP contribution in [0.15, 0.2) is 0 Å². The van der Waals surface area contributed by atoms with Gasteiger partial charge in [-0.1, -0.05) is 6.92 Å². The maximum absolute atomic E-state index is 12.4. The van der Waals surface area contributed by atoms with Crippen molar-refractivity contribution in [2.24, 2.45) is 13.0 Å². The summed E-state index contributed by atoms with van der Waals surface area (Å²) < 4.78 is 1.83.